The molecule has 2 aromatic rings. The Bertz CT molecular complexity index is 739. The molecule has 3 heterocycles. The molecular weight excluding hydrogens is 322 g/mol. The van der Waals surface area contributed by atoms with Crippen LogP contribution in [0.5, 0.6) is 0 Å². The maximum Gasteiger partial charge on any atom is 0.252 e. The number of carbonyl (C=O) groups excluding carboxylic acids is 1. The highest BCUT2D eigenvalue weighted by atomic mass is 32.2. The minimum atomic E-state index is 0.0247. The van der Waals surface area contributed by atoms with Crippen molar-refractivity contribution in [3.05, 3.63) is 29.7 Å². The summed E-state index contributed by atoms with van der Waals surface area (Å²) in [6, 6.07) is 1.78. The number of fused-ring (bicyclic) bond motifs is 1. The number of aryl methyl sites for hydroxylation is 1. The second-order valence-corrected chi connectivity index (χ2v) is 7.62. The van der Waals surface area contributed by atoms with Gasteiger partial charge in [0.2, 0.25) is 5.91 Å². The Labute approximate surface area is 145 Å². The number of hydrogen-bond acceptors (Lipinski definition) is 5. The molecule has 1 N–H and O–H groups in total. The summed E-state index contributed by atoms with van der Waals surface area (Å²) in [4.78, 5) is 20.8. The first-order valence-corrected chi connectivity index (χ1v) is 9.57. The van der Waals surface area contributed by atoms with Crippen LogP contribution in [0.4, 0.5) is 5.82 Å². The van der Waals surface area contributed by atoms with Crippen molar-refractivity contribution in [2.24, 2.45) is 5.92 Å². The van der Waals surface area contributed by atoms with E-state index in [1.165, 1.54) is 32.1 Å². The largest absolute Gasteiger partial charge is 0.309 e. The zero-order valence-electron chi connectivity index (χ0n) is 13.7. The lowest BCUT2D eigenvalue weighted by Gasteiger charge is -2.29. The van der Waals surface area contributed by atoms with Crippen LogP contribution < -0.4 is 5.32 Å². The van der Waals surface area contributed by atoms with Crippen LogP contribution in [-0.4, -0.2) is 31.4 Å². The summed E-state index contributed by atoms with van der Waals surface area (Å²) in [6.45, 7) is 2.02. The van der Waals surface area contributed by atoms with Crippen molar-refractivity contribution in [3.63, 3.8) is 0 Å². The lowest BCUT2D eigenvalue weighted by molar-refractivity contribution is -0.113. The van der Waals surface area contributed by atoms with Gasteiger partial charge in [-0.2, -0.15) is 9.78 Å². The number of rotatable bonds is 2. The predicted molar refractivity (Wildman–Crippen MR) is 94.3 cm³/mol. The number of thioether (sulfide) groups is 1. The lowest BCUT2D eigenvalue weighted by Crippen LogP contribution is -2.16. The summed E-state index contributed by atoms with van der Waals surface area (Å²) >= 11 is 1.76. The fourth-order valence-electron chi connectivity index (χ4n) is 3.77. The van der Waals surface area contributed by atoms with Gasteiger partial charge in [-0.25, -0.2) is 9.97 Å². The Morgan fingerprint density at radius 1 is 1.21 bits per heavy atom. The first-order valence-electron chi connectivity index (χ1n) is 8.52. The molecule has 0 saturated heterocycles. The van der Waals surface area contributed by atoms with Crippen LogP contribution in [0, 0.1) is 12.8 Å². The Morgan fingerprint density at radius 3 is 2.71 bits per heavy atom. The number of carbonyl (C=O) groups is 1. The summed E-state index contributed by atoms with van der Waals surface area (Å²) in [6.07, 6.45) is 9.75. The van der Waals surface area contributed by atoms with Crippen LogP contribution in [0.15, 0.2) is 18.5 Å². The van der Waals surface area contributed by atoms with Gasteiger partial charge in [0.25, 0.3) is 5.95 Å². The van der Waals surface area contributed by atoms with Crippen molar-refractivity contribution in [2.45, 2.75) is 44.3 Å². The van der Waals surface area contributed by atoms with E-state index in [1.807, 2.05) is 6.92 Å². The SMILES string of the molecule is Cc1nn(-c2ncccn2)c2c1[C@@H](C1CCCCC1)SCC(=O)N2. The van der Waals surface area contributed by atoms with E-state index in [4.69, 9.17) is 0 Å². The first-order chi connectivity index (χ1) is 11.7. The van der Waals surface area contributed by atoms with E-state index in [9.17, 15) is 4.79 Å². The molecule has 2 aromatic heterocycles. The highest BCUT2D eigenvalue weighted by Crippen LogP contribution is 2.48. The van der Waals surface area contributed by atoms with Gasteiger partial charge in [-0.05, 0) is 31.7 Å². The smallest absolute Gasteiger partial charge is 0.252 e. The molecular formula is C17H21N5OS. The summed E-state index contributed by atoms with van der Waals surface area (Å²) in [5.74, 6) is 2.38. The van der Waals surface area contributed by atoms with Crippen LogP contribution in [0.25, 0.3) is 5.95 Å². The molecule has 1 amide bonds. The number of anilines is 1. The predicted octanol–water partition coefficient (Wildman–Crippen LogP) is 3.28. The third-order valence-corrected chi connectivity index (χ3v) is 6.27. The van der Waals surface area contributed by atoms with Gasteiger partial charge in [0.15, 0.2) is 0 Å². The average Bonchev–Trinajstić information content (AvgIpc) is 2.83. The van der Waals surface area contributed by atoms with Crippen LogP contribution in [0.2, 0.25) is 0 Å². The number of hydrogen-bond donors (Lipinski definition) is 1. The molecule has 1 aliphatic carbocycles. The van der Waals surface area contributed by atoms with Gasteiger partial charge in [-0.1, -0.05) is 19.3 Å². The summed E-state index contributed by atoms with van der Waals surface area (Å²) in [7, 11) is 0. The number of nitrogens with one attached hydrogen (secondary N) is 1. The fraction of sp³-hybridized carbons (Fsp3) is 0.529. The summed E-state index contributed by atoms with van der Waals surface area (Å²) in [5, 5.41) is 8.00. The van der Waals surface area contributed by atoms with Gasteiger partial charge in [-0.3, -0.25) is 4.79 Å². The molecule has 24 heavy (non-hydrogen) atoms. The molecule has 126 valence electrons. The highest BCUT2D eigenvalue weighted by Gasteiger charge is 2.35. The number of nitrogens with zero attached hydrogens (tertiary/aromatic N) is 4. The molecule has 2 aliphatic rings. The highest BCUT2D eigenvalue weighted by molar-refractivity contribution is 8.00. The molecule has 0 spiro atoms. The van der Waals surface area contributed by atoms with E-state index in [2.05, 4.69) is 20.4 Å². The van der Waals surface area contributed by atoms with Crippen LogP contribution in [0.3, 0.4) is 0 Å². The van der Waals surface area contributed by atoms with Crippen LogP contribution >= 0.6 is 11.8 Å². The van der Waals surface area contributed by atoms with Gasteiger partial charge >= 0.3 is 0 Å². The van der Waals surface area contributed by atoms with Crippen LogP contribution in [0.1, 0.15) is 48.6 Å². The van der Waals surface area contributed by atoms with Crippen molar-refractivity contribution in [1.29, 1.82) is 0 Å². The van der Waals surface area contributed by atoms with Crippen molar-refractivity contribution in [3.8, 4) is 5.95 Å². The zero-order valence-corrected chi connectivity index (χ0v) is 14.6. The van der Waals surface area contributed by atoms with Gasteiger partial charge in [0.05, 0.1) is 11.4 Å². The molecule has 0 radical (unpaired) electrons. The Morgan fingerprint density at radius 2 is 1.96 bits per heavy atom. The van der Waals surface area contributed by atoms with Gasteiger partial charge < -0.3 is 5.32 Å². The van der Waals surface area contributed by atoms with E-state index >= 15 is 0 Å². The quantitative estimate of drug-likeness (QED) is 0.906. The van der Waals surface area contributed by atoms with Crippen molar-refractivity contribution >= 4 is 23.5 Å². The third-order valence-electron chi connectivity index (χ3n) is 4.86. The Hall–Kier alpha value is -1.89. The Balaban J connectivity index is 1.80. The molecule has 7 heteroatoms. The van der Waals surface area contributed by atoms with Gasteiger partial charge in [0, 0.05) is 23.2 Å². The monoisotopic (exact) mass is 343 g/mol. The van der Waals surface area contributed by atoms with Crippen LogP contribution in [-0.2, 0) is 4.79 Å². The molecule has 1 aliphatic heterocycles. The van der Waals surface area contributed by atoms with E-state index in [0.29, 0.717) is 22.9 Å². The summed E-state index contributed by atoms with van der Waals surface area (Å²) in [5.41, 5.74) is 2.12. The molecule has 4 rings (SSSR count). The Kier molecular flexibility index (Phi) is 4.26. The summed E-state index contributed by atoms with van der Waals surface area (Å²) < 4.78 is 1.68. The minimum Gasteiger partial charge on any atom is -0.309 e. The van der Waals surface area contributed by atoms with E-state index in [-0.39, 0.29) is 5.91 Å². The molecule has 6 nitrogen and oxygen atoms in total. The molecule has 1 fully saturated rings. The number of amides is 1. The standard InChI is InChI=1S/C17H21N5OS/c1-11-14-15(12-6-3-2-4-7-12)24-10-13(23)20-16(14)22(21-11)17-18-8-5-9-19-17/h5,8-9,12,15H,2-4,6-7,10H2,1H3,(H,20,23)/t15-/m1/s1. The molecule has 1 atom stereocenters. The molecule has 0 aromatic carbocycles. The zero-order chi connectivity index (χ0) is 16.5. The molecule has 0 unspecified atom stereocenters. The van der Waals surface area contributed by atoms with E-state index in [0.717, 1.165) is 17.1 Å². The second-order valence-electron chi connectivity index (χ2n) is 6.49. The van der Waals surface area contributed by atoms with E-state index in [1.54, 1.807) is 34.9 Å². The normalized spacial score (nSPS) is 21.9. The van der Waals surface area contributed by atoms with E-state index < -0.39 is 0 Å². The first kappa shape index (κ1) is 15.6. The third kappa shape index (κ3) is 2.81. The fourth-order valence-corrected chi connectivity index (χ4v) is 5.17. The van der Waals surface area contributed by atoms with Crippen molar-refractivity contribution in [2.75, 3.05) is 11.1 Å². The topological polar surface area (TPSA) is 72.7 Å². The maximum absolute atomic E-state index is 12.3. The van der Waals surface area contributed by atoms with Crippen molar-refractivity contribution < 1.29 is 4.79 Å². The maximum atomic E-state index is 12.3. The van der Waals surface area contributed by atoms with Gasteiger partial charge in [0.1, 0.15) is 5.82 Å². The second kappa shape index (κ2) is 6.55. The average molecular weight is 343 g/mol. The molecule has 1 saturated carbocycles. The molecule has 0 bridgehead atoms. The minimum absolute atomic E-state index is 0.0247. The lowest BCUT2D eigenvalue weighted by atomic mass is 9.84. The van der Waals surface area contributed by atoms with Gasteiger partial charge in [-0.15, -0.1) is 11.8 Å². The number of aromatic nitrogens is 4. The van der Waals surface area contributed by atoms with Crippen molar-refractivity contribution in [1.82, 2.24) is 19.7 Å².